The molecule has 0 radical (unpaired) electrons. The van der Waals surface area contributed by atoms with Crippen LogP contribution in [0.1, 0.15) is 34.5 Å². The van der Waals surface area contributed by atoms with Crippen LogP contribution in [0, 0.1) is 13.8 Å². The molecule has 0 aliphatic heterocycles. The van der Waals surface area contributed by atoms with E-state index in [-0.39, 0.29) is 23.0 Å². The van der Waals surface area contributed by atoms with Crippen molar-refractivity contribution in [3.8, 4) is 0 Å². The van der Waals surface area contributed by atoms with Crippen LogP contribution >= 0.6 is 0 Å². The van der Waals surface area contributed by atoms with Crippen molar-refractivity contribution in [2.45, 2.75) is 38.8 Å². The highest BCUT2D eigenvalue weighted by atomic mass is 32.2. The highest BCUT2D eigenvalue weighted by molar-refractivity contribution is 7.92. The molecule has 0 spiro atoms. The molecule has 4 aromatic rings. The Hall–Kier alpha value is -3.79. The van der Waals surface area contributed by atoms with Gasteiger partial charge in [0.1, 0.15) is 5.82 Å². The maximum absolute atomic E-state index is 13.2. The van der Waals surface area contributed by atoms with E-state index < -0.39 is 10.0 Å². The van der Waals surface area contributed by atoms with Crippen molar-refractivity contribution in [1.29, 1.82) is 0 Å². The molecule has 1 amide bonds. The zero-order valence-electron chi connectivity index (χ0n) is 18.5. The molecule has 10 heteroatoms. The summed E-state index contributed by atoms with van der Waals surface area (Å²) in [6.07, 6.45) is 3.24. The average molecular weight is 465 g/mol. The second-order valence-electron chi connectivity index (χ2n) is 7.55. The number of nitrogens with zero attached hydrogens (tertiary/aromatic N) is 4. The number of hydrogen-bond donors (Lipinski definition) is 2. The quantitative estimate of drug-likeness (QED) is 0.434. The van der Waals surface area contributed by atoms with E-state index >= 15 is 0 Å². The van der Waals surface area contributed by atoms with Crippen molar-refractivity contribution in [1.82, 2.24) is 24.8 Å². The molecule has 9 nitrogen and oxygen atoms in total. The Morgan fingerprint density at radius 1 is 1.06 bits per heavy atom. The molecule has 0 atom stereocenters. The van der Waals surface area contributed by atoms with Gasteiger partial charge in [0.15, 0.2) is 0 Å². The van der Waals surface area contributed by atoms with E-state index in [2.05, 4.69) is 25.0 Å². The third-order valence-electron chi connectivity index (χ3n) is 5.16. The van der Waals surface area contributed by atoms with Gasteiger partial charge in [-0.05, 0) is 45.0 Å². The summed E-state index contributed by atoms with van der Waals surface area (Å²) in [7, 11) is -3.83. The third kappa shape index (κ3) is 4.70. The molecule has 0 aliphatic rings. The van der Waals surface area contributed by atoms with E-state index in [0.717, 1.165) is 11.5 Å². The Morgan fingerprint density at radius 3 is 2.48 bits per heavy atom. The van der Waals surface area contributed by atoms with Gasteiger partial charge in [-0.3, -0.25) is 19.5 Å². The number of hydrogen-bond acceptors (Lipinski definition) is 6. The van der Waals surface area contributed by atoms with Crippen LogP contribution in [-0.4, -0.2) is 33.8 Å². The first-order valence-electron chi connectivity index (χ1n) is 10.4. The lowest BCUT2D eigenvalue weighted by Crippen LogP contribution is -2.24. The van der Waals surface area contributed by atoms with Crippen LogP contribution in [0.2, 0.25) is 0 Å². The summed E-state index contributed by atoms with van der Waals surface area (Å²) in [6, 6.07) is 11.2. The monoisotopic (exact) mass is 464 g/mol. The molecule has 2 aromatic carbocycles. The largest absolute Gasteiger partial charge is 0.346 e. The highest BCUT2D eigenvalue weighted by Crippen LogP contribution is 2.27. The van der Waals surface area contributed by atoms with Gasteiger partial charge in [-0.25, -0.2) is 13.4 Å². The van der Waals surface area contributed by atoms with Crippen LogP contribution in [0.15, 0.2) is 59.8 Å². The van der Waals surface area contributed by atoms with E-state index in [1.54, 1.807) is 36.7 Å². The van der Waals surface area contributed by atoms with Crippen molar-refractivity contribution < 1.29 is 13.2 Å². The van der Waals surface area contributed by atoms with Gasteiger partial charge in [0.05, 0.1) is 51.3 Å². The van der Waals surface area contributed by atoms with Crippen molar-refractivity contribution in [2.75, 3.05) is 4.72 Å². The molecule has 2 N–H and O–H groups in total. The lowest BCUT2D eigenvalue weighted by molar-refractivity contribution is 0.0951. The fraction of sp³-hybridized carbons (Fsp3) is 0.217. The number of sulfonamides is 1. The average Bonchev–Trinajstić information content (AvgIpc) is 3.13. The minimum Gasteiger partial charge on any atom is -0.346 e. The van der Waals surface area contributed by atoms with E-state index in [1.807, 2.05) is 25.3 Å². The zero-order valence-corrected chi connectivity index (χ0v) is 19.3. The molecule has 0 fully saturated rings. The number of fused-ring (bicyclic) bond motifs is 1. The van der Waals surface area contributed by atoms with E-state index in [9.17, 15) is 13.2 Å². The normalized spacial score (nSPS) is 11.5. The number of amides is 1. The number of imidazole rings is 1. The number of anilines is 1. The first kappa shape index (κ1) is 22.4. The summed E-state index contributed by atoms with van der Waals surface area (Å²) in [4.78, 5) is 26.3. The smallest absolute Gasteiger partial charge is 0.261 e. The standard InChI is InChI=1S/C23H24N6O3S/c1-4-29-16(3)27-21-11-17(28-33(31,32)19-8-6-5-7-9-19)10-20(22(21)29)23(30)26-14-18-13-24-15(2)12-25-18/h5-13,28H,4,14H2,1-3H3,(H,26,30). The first-order valence-corrected chi connectivity index (χ1v) is 11.9. The molecular weight excluding hydrogens is 440 g/mol. The molecule has 0 saturated carbocycles. The number of carbonyl (C=O) groups is 1. The van der Waals surface area contributed by atoms with Gasteiger partial charge in [0, 0.05) is 12.7 Å². The fourth-order valence-corrected chi connectivity index (χ4v) is 4.66. The van der Waals surface area contributed by atoms with Gasteiger partial charge < -0.3 is 9.88 Å². The van der Waals surface area contributed by atoms with E-state index in [0.29, 0.717) is 28.8 Å². The maximum Gasteiger partial charge on any atom is 0.261 e. The van der Waals surface area contributed by atoms with Gasteiger partial charge >= 0.3 is 0 Å². The van der Waals surface area contributed by atoms with Crippen LogP contribution < -0.4 is 10.0 Å². The fourth-order valence-electron chi connectivity index (χ4n) is 3.59. The summed E-state index contributed by atoms with van der Waals surface area (Å²) >= 11 is 0. The van der Waals surface area contributed by atoms with Crippen molar-refractivity contribution in [3.05, 3.63) is 77.6 Å². The highest BCUT2D eigenvalue weighted by Gasteiger charge is 2.21. The predicted molar refractivity (Wildman–Crippen MR) is 125 cm³/mol. The third-order valence-corrected chi connectivity index (χ3v) is 6.56. The molecule has 4 rings (SSSR count). The summed E-state index contributed by atoms with van der Waals surface area (Å²) in [6.45, 7) is 6.45. The summed E-state index contributed by atoms with van der Waals surface area (Å²) < 4.78 is 30.2. The lowest BCUT2D eigenvalue weighted by atomic mass is 10.1. The van der Waals surface area contributed by atoms with Crippen LogP contribution in [-0.2, 0) is 23.1 Å². The Balaban J connectivity index is 1.71. The molecule has 170 valence electrons. The zero-order chi connectivity index (χ0) is 23.6. The number of aryl methyl sites for hydroxylation is 3. The van der Waals surface area contributed by atoms with Crippen molar-refractivity contribution in [2.24, 2.45) is 0 Å². The van der Waals surface area contributed by atoms with Gasteiger partial charge in [-0.1, -0.05) is 18.2 Å². The van der Waals surface area contributed by atoms with Crippen LogP contribution in [0.25, 0.3) is 11.0 Å². The molecular formula is C23H24N6O3S. The Bertz CT molecular complexity index is 1410. The minimum atomic E-state index is -3.83. The first-order chi connectivity index (χ1) is 15.8. The summed E-state index contributed by atoms with van der Waals surface area (Å²) in [5.41, 5.74) is 3.15. The van der Waals surface area contributed by atoms with E-state index in [1.165, 1.54) is 18.2 Å². The Labute approximate surface area is 192 Å². The topological polar surface area (TPSA) is 119 Å². The predicted octanol–water partition coefficient (Wildman–Crippen LogP) is 3.19. The van der Waals surface area contributed by atoms with Gasteiger partial charge in [-0.15, -0.1) is 0 Å². The SMILES string of the molecule is CCn1c(C)nc2cc(NS(=O)(=O)c3ccccc3)cc(C(=O)NCc3cnc(C)cn3)c21. The van der Waals surface area contributed by atoms with Gasteiger partial charge in [0.2, 0.25) is 0 Å². The number of aromatic nitrogens is 4. The summed E-state index contributed by atoms with van der Waals surface area (Å²) in [5, 5.41) is 2.85. The second kappa shape index (κ2) is 8.99. The summed E-state index contributed by atoms with van der Waals surface area (Å²) in [5.74, 6) is 0.367. The molecule has 2 heterocycles. The van der Waals surface area contributed by atoms with Crippen LogP contribution in [0.3, 0.4) is 0 Å². The molecule has 0 bridgehead atoms. The minimum absolute atomic E-state index is 0.129. The number of rotatable bonds is 7. The molecule has 0 unspecified atom stereocenters. The van der Waals surface area contributed by atoms with Gasteiger partial charge in [0.25, 0.3) is 15.9 Å². The second-order valence-corrected chi connectivity index (χ2v) is 9.23. The molecule has 0 aliphatic carbocycles. The Morgan fingerprint density at radius 2 is 1.82 bits per heavy atom. The molecule has 0 saturated heterocycles. The number of nitrogens with one attached hydrogen (secondary N) is 2. The maximum atomic E-state index is 13.2. The number of benzene rings is 2. The number of carbonyl (C=O) groups excluding carboxylic acids is 1. The van der Waals surface area contributed by atoms with Gasteiger partial charge in [-0.2, -0.15) is 0 Å². The molecule has 33 heavy (non-hydrogen) atoms. The lowest BCUT2D eigenvalue weighted by Gasteiger charge is -2.13. The Kier molecular flexibility index (Phi) is 6.10. The van der Waals surface area contributed by atoms with Crippen molar-refractivity contribution in [3.63, 3.8) is 0 Å². The molecule has 2 aromatic heterocycles. The van der Waals surface area contributed by atoms with Crippen LogP contribution in [0.4, 0.5) is 5.69 Å². The van der Waals surface area contributed by atoms with Crippen molar-refractivity contribution >= 4 is 32.7 Å². The van der Waals surface area contributed by atoms with E-state index in [4.69, 9.17) is 0 Å². The van der Waals surface area contributed by atoms with Crippen LogP contribution in [0.5, 0.6) is 0 Å².